The number of hydrogen-bond acceptors (Lipinski definition) is 1. The average Bonchev–Trinajstić information content (AvgIpc) is 2.70. The lowest BCUT2D eigenvalue weighted by Gasteiger charge is -2.21. The van der Waals surface area contributed by atoms with E-state index in [0.29, 0.717) is 0 Å². The van der Waals surface area contributed by atoms with Crippen LogP contribution in [0, 0.1) is 0 Å². The number of thioether (sulfide) groups is 1. The highest BCUT2D eigenvalue weighted by Gasteiger charge is 2.26. The van der Waals surface area contributed by atoms with Crippen LogP contribution in [0.15, 0.2) is 71.6 Å². The number of para-hydroxylation sites is 1. The number of benzene rings is 3. The molecular weight excluding hydrogens is 382 g/mol. The third-order valence-electron chi connectivity index (χ3n) is 5.92. The Bertz CT molecular complexity index is 1150. The Kier molecular flexibility index (Phi) is 5.18. The van der Waals surface area contributed by atoms with Crippen LogP contribution in [0.1, 0.15) is 52.7 Å². The summed E-state index contributed by atoms with van der Waals surface area (Å²) >= 11 is 1.85. The molecule has 0 aliphatic carbocycles. The van der Waals surface area contributed by atoms with Crippen LogP contribution in [0.3, 0.4) is 0 Å². The second kappa shape index (κ2) is 7.42. The van der Waals surface area contributed by atoms with Crippen molar-refractivity contribution in [2.45, 2.75) is 57.3 Å². The van der Waals surface area contributed by atoms with Gasteiger partial charge in [0, 0.05) is 29.2 Å². The molecule has 4 rings (SSSR count). The first-order valence-corrected chi connectivity index (χ1v) is 11.9. The molecule has 0 aliphatic heterocycles. The molecular formula is C28H32NS+. The molecule has 1 aromatic heterocycles. The first-order valence-electron chi connectivity index (χ1n) is 10.7. The van der Waals surface area contributed by atoms with Gasteiger partial charge in [0.15, 0.2) is 0 Å². The maximum Gasteiger partial charge on any atom is 0.220 e. The molecule has 0 aliphatic rings. The van der Waals surface area contributed by atoms with E-state index in [1.165, 1.54) is 43.5 Å². The normalized spacial score (nSPS) is 12.6. The molecule has 30 heavy (non-hydrogen) atoms. The summed E-state index contributed by atoms with van der Waals surface area (Å²) in [6, 6.07) is 24.8. The summed E-state index contributed by atoms with van der Waals surface area (Å²) in [5.41, 5.74) is 6.68. The summed E-state index contributed by atoms with van der Waals surface area (Å²) < 4.78 is 2.45. The first kappa shape index (κ1) is 20.9. The van der Waals surface area contributed by atoms with Crippen LogP contribution in [0.25, 0.3) is 27.5 Å². The maximum atomic E-state index is 2.45. The Hall–Kier alpha value is -2.32. The fourth-order valence-electron chi connectivity index (χ4n) is 4.10. The van der Waals surface area contributed by atoms with E-state index >= 15 is 0 Å². The highest BCUT2D eigenvalue weighted by molar-refractivity contribution is 7.99. The van der Waals surface area contributed by atoms with Crippen LogP contribution in [0.2, 0.25) is 0 Å². The Morgan fingerprint density at radius 2 is 1.10 bits per heavy atom. The van der Waals surface area contributed by atoms with E-state index in [1.54, 1.807) is 0 Å². The van der Waals surface area contributed by atoms with E-state index in [1.807, 2.05) is 11.8 Å². The molecule has 2 heteroatoms. The maximum absolute atomic E-state index is 2.45. The summed E-state index contributed by atoms with van der Waals surface area (Å²) in [5, 5.41) is 2.63. The lowest BCUT2D eigenvalue weighted by Crippen LogP contribution is -2.33. The van der Waals surface area contributed by atoms with Gasteiger partial charge in [0.05, 0.1) is 10.8 Å². The van der Waals surface area contributed by atoms with Crippen LogP contribution in [-0.2, 0) is 10.8 Å². The van der Waals surface area contributed by atoms with Crippen molar-refractivity contribution in [3.63, 3.8) is 0 Å². The van der Waals surface area contributed by atoms with Gasteiger partial charge in [0.25, 0.3) is 0 Å². The molecule has 0 radical (unpaired) electrons. The number of fused-ring (bicyclic) bond motifs is 2. The van der Waals surface area contributed by atoms with Gasteiger partial charge in [-0.15, -0.1) is 11.8 Å². The van der Waals surface area contributed by atoms with Gasteiger partial charge in [0.1, 0.15) is 0 Å². The number of rotatable bonds is 2. The molecule has 154 valence electrons. The minimum atomic E-state index is 0.102. The fourth-order valence-corrected chi connectivity index (χ4v) is 4.89. The van der Waals surface area contributed by atoms with E-state index in [9.17, 15) is 0 Å². The highest BCUT2D eigenvalue weighted by atomic mass is 32.2. The van der Waals surface area contributed by atoms with Crippen LogP contribution >= 0.6 is 11.8 Å². The molecule has 0 amide bonds. The molecule has 0 atom stereocenters. The summed E-state index contributed by atoms with van der Waals surface area (Å²) in [6.07, 6.45) is 2.19. The zero-order valence-corrected chi connectivity index (χ0v) is 20.0. The Morgan fingerprint density at radius 1 is 0.633 bits per heavy atom. The highest BCUT2D eigenvalue weighted by Crippen LogP contribution is 2.36. The van der Waals surface area contributed by atoms with Gasteiger partial charge in [-0.2, -0.15) is 4.57 Å². The van der Waals surface area contributed by atoms with Crippen LogP contribution < -0.4 is 4.57 Å². The molecule has 1 heterocycles. The third-order valence-corrected chi connectivity index (χ3v) is 6.77. The van der Waals surface area contributed by atoms with Gasteiger partial charge in [0.2, 0.25) is 16.7 Å². The van der Waals surface area contributed by atoms with Crippen molar-refractivity contribution >= 4 is 33.6 Å². The Balaban J connectivity index is 2.24. The van der Waals surface area contributed by atoms with Gasteiger partial charge in [-0.3, -0.25) is 0 Å². The van der Waals surface area contributed by atoms with Crippen molar-refractivity contribution in [2.24, 2.45) is 0 Å². The topological polar surface area (TPSA) is 3.88 Å². The zero-order chi connectivity index (χ0) is 21.7. The summed E-state index contributed by atoms with van der Waals surface area (Å²) in [6.45, 7) is 13.7. The molecule has 0 N–H and O–H groups in total. The lowest BCUT2D eigenvalue weighted by atomic mass is 9.85. The van der Waals surface area contributed by atoms with Crippen molar-refractivity contribution in [1.82, 2.24) is 0 Å². The summed E-state index contributed by atoms with van der Waals surface area (Å²) in [5.74, 6) is 0. The van der Waals surface area contributed by atoms with Gasteiger partial charge in [-0.05, 0) is 40.3 Å². The second-order valence-corrected chi connectivity index (χ2v) is 11.0. The SMILES string of the molecule is CSc1c2ccc(C(C)(C)C)cc2[n+](-c2ccccc2)c2cc(C(C)(C)C)ccc12. The first-order chi connectivity index (χ1) is 14.1. The number of hydrogen-bond donors (Lipinski definition) is 0. The minimum absolute atomic E-state index is 0.102. The smallest absolute Gasteiger partial charge is 0.153 e. The van der Waals surface area contributed by atoms with Gasteiger partial charge in [-0.25, -0.2) is 0 Å². The monoisotopic (exact) mass is 414 g/mol. The number of nitrogens with zero attached hydrogens (tertiary/aromatic N) is 1. The fraction of sp³-hybridized carbons (Fsp3) is 0.321. The molecule has 3 aromatic carbocycles. The standard InChI is InChI=1S/C28H32NS/c1-27(2,3)19-13-15-22-24(17-19)29(21-11-9-8-10-12-21)25-18-20(28(4,5)6)14-16-23(25)26(22)30-7/h8-18H,1-7H3/q+1. The van der Waals surface area contributed by atoms with E-state index in [2.05, 4.69) is 119 Å². The van der Waals surface area contributed by atoms with Crippen LogP contribution in [0.5, 0.6) is 0 Å². The number of aromatic nitrogens is 1. The van der Waals surface area contributed by atoms with E-state index in [4.69, 9.17) is 0 Å². The van der Waals surface area contributed by atoms with Crippen LogP contribution in [0.4, 0.5) is 0 Å². The van der Waals surface area contributed by atoms with Crippen molar-refractivity contribution in [1.29, 1.82) is 0 Å². The van der Waals surface area contributed by atoms with Gasteiger partial charge in [-0.1, -0.05) is 71.9 Å². The molecule has 0 spiro atoms. The van der Waals surface area contributed by atoms with Crippen molar-refractivity contribution in [3.05, 3.63) is 77.9 Å². The molecule has 0 saturated heterocycles. The predicted molar refractivity (Wildman–Crippen MR) is 132 cm³/mol. The second-order valence-electron chi connectivity index (χ2n) is 10.2. The molecule has 0 saturated carbocycles. The Labute approximate surface area is 185 Å². The summed E-state index contributed by atoms with van der Waals surface area (Å²) in [7, 11) is 0. The minimum Gasteiger partial charge on any atom is -0.153 e. The van der Waals surface area contributed by atoms with Crippen LogP contribution in [-0.4, -0.2) is 6.26 Å². The third kappa shape index (κ3) is 3.63. The molecule has 1 nitrogen and oxygen atoms in total. The molecule has 0 fully saturated rings. The lowest BCUT2D eigenvalue weighted by molar-refractivity contribution is -0.538. The van der Waals surface area contributed by atoms with E-state index in [0.717, 1.165) is 0 Å². The summed E-state index contributed by atoms with van der Waals surface area (Å²) in [4.78, 5) is 1.35. The Morgan fingerprint density at radius 3 is 1.50 bits per heavy atom. The molecule has 0 unspecified atom stereocenters. The van der Waals surface area contributed by atoms with Gasteiger partial charge >= 0.3 is 0 Å². The zero-order valence-electron chi connectivity index (χ0n) is 19.2. The van der Waals surface area contributed by atoms with E-state index in [-0.39, 0.29) is 10.8 Å². The molecule has 0 bridgehead atoms. The average molecular weight is 415 g/mol. The van der Waals surface area contributed by atoms with Crippen molar-refractivity contribution < 1.29 is 4.57 Å². The molecule has 4 aromatic rings. The number of pyridine rings is 1. The van der Waals surface area contributed by atoms with Crippen molar-refractivity contribution in [2.75, 3.05) is 6.26 Å². The quantitative estimate of drug-likeness (QED) is 0.186. The van der Waals surface area contributed by atoms with Crippen molar-refractivity contribution in [3.8, 4) is 5.69 Å². The largest absolute Gasteiger partial charge is 0.220 e. The predicted octanol–water partition coefficient (Wildman–Crippen LogP) is 7.59. The van der Waals surface area contributed by atoms with Gasteiger partial charge < -0.3 is 0 Å². The van der Waals surface area contributed by atoms with E-state index < -0.39 is 0 Å².